The predicted molar refractivity (Wildman–Crippen MR) is 83.6 cm³/mol. The summed E-state index contributed by atoms with van der Waals surface area (Å²) < 4.78 is 0. The smallest absolute Gasteiger partial charge is 0.227 e. The molecule has 2 aromatic rings. The summed E-state index contributed by atoms with van der Waals surface area (Å²) in [7, 11) is 0. The van der Waals surface area contributed by atoms with Gasteiger partial charge in [0.25, 0.3) is 0 Å². The zero-order valence-electron chi connectivity index (χ0n) is 12.8. The van der Waals surface area contributed by atoms with Gasteiger partial charge in [-0.25, -0.2) is 0 Å². The van der Waals surface area contributed by atoms with Crippen molar-refractivity contribution in [3.63, 3.8) is 0 Å². The molecule has 0 saturated heterocycles. The van der Waals surface area contributed by atoms with Gasteiger partial charge >= 0.3 is 0 Å². The molecule has 3 rings (SSSR count). The quantitative estimate of drug-likeness (QED) is 0.941. The summed E-state index contributed by atoms with van der Waals surface area (Å²) in [6.07, 6.45) is 1.48. The van der Waals surface area contributed by atoms with Gasteiger partial charge in [0, 0.05) is 24.3 Å². The minimum atomic E-state index is 0.184. The molecule has 21 heavy (non-hydrogen) atoms. The van der Waals surface area contributed by atoms with Crippen LogP contribution in [-0.4, -0.2) is 22.6 Å². The Labute approximate surface area is 125 Å². The van der Waals surface area contributed by atoms with Crippen molar-refractivity contribution in [2.75, 3.05) is 11.4 Å². The number of nitrogens with one attached hydrogen (secondary N) is 1. The summed E-state index contributed by atoms with van der Waals surface area (Å²) in [6, 6.07) is 8.18. The van der Waals surface area contributed by atoms with Crippen LogP contribution < -0.4 is 4.90 Å². The SMILES string of the molecule is Cc1n[nH]c(C)c1C(C)CC(=O)N1CCc2ccccc21. The van der Waals surface area contributed by atoms with Crippen molar-refractivity contribution in [3.05, 3.63) is 46.8 Å². The van der Waals surface area contributed by atoms with Crippen LogP contribution in [0.15, 0.2) is 24.3 Å². The molecule has 2 heterocycles. The molecule has 4 nitrogen and oxygen atoms in total. The Morgan fingerprint density at radius 2 is 2.14 bits per heavy atom. The number of H-pyrrole nitrogens is 1. The zero-order valence-corrected chi connectivity index (χ0v) is 12.8. The van der Waals surface area contributed by atoms with Gasteiger partial charge in [0.05, 0.1) is 5.69 Å². The van der Waals surface area contributed by atoms with Gasteiger partial charge in [0.1, 0.15) is 0 Å². The number of carbonyl (C=O) groups excluding carboxylic acids is 1. The average Bonchev–Trinajstić information content (AvgIpc) is 3.02. The Hall–Kier alpha value is -2.10. The zero-order chi connectivity index (χ0) is 15.0. The Balaban J connectivity index is 1.76. The molecule has 1 aromatic heterocycles. The van der Waals surface area contributed by atoms with Crippen LogP contribution in [-0.2, 0) is 11.2 Å². The summed E-state index contributed by atoms with van der Waals surface area (Å²) in [5.74, 6) is 0.386. The fraction of sp³-hybridized carbons (Fsp3) is 0.412. The minimum absolute atomic E-state index is 0.184. The van der Waals surface area contributed by atoms with Crippen LogP contribution in [0, 0.1) is 13.8 Å². The van der Waals surface area contributed by atoms with Gasteiger partial charge in [-0.15, -0.1) is 0 Å². The predicted octanol–water partition coefficient (Wildman–Crippen LogP) is 3.11. The lowest BCUT2D eigenvalue weighted by Gasteiger charge is -2.20. The number of para-hydroxylation sites is 1. The lowest BCUT2D eigenvalue weighted by atomic mass is 9.95. The van der Waals surface area contributed by atoms with E-state index in [-0.39, 0.29) is 11.8 Å². The Morgan fingerprint density at radius 1 is 1.38 bits per heavy atom. The van der Waals surface area contributed by atoms with E-state index in [1.54, 1.807) is 0 Å². The number of benzene rings is 1. The highest BCUT2D eigenvalue weighted by Gasteiger charge is 2.26. The van der Waals surface area contributed by atoms with Gasteiger partial charge in [-0.1, -0.05) is 25.1 Å². The number of aromatic nitrogens is 2. The van der Waals surface area contributed by atoms with Gasteiger partial charge < -0.3 is 4.90 Å². The molecule has 1 aliphatic rings. The van der Waals surface area contributed by atoms with Gasteiger partial charge in [-0.3, -0.25) is 9.89 Å². The number of nitrogens with zero attached hydrogens (tertiary/aromatic N) is 2. The van der Waals surface area contributed by atoms with Crippen LogP contribution in [0.3, 0.4) is 0 Å². The maximum Gasteiger partial charge on any atom is 0.227 e. The molecular weight excluding hydrogens is 262 g/mol. The molecule has 0 aliphatic carbocycles. The molecule has 110 valence electrons. The van der Waals surface area contributed by atoms with E-state index in [2.05, 4.69) is 23.2 Å². The maximum absolute atomic E-state index is 12.6. The number of amides is 1. The van der Waals surface area contributed by atoms with Crippen molar-refractivity contribution < 1.29 is 4.79 Å². The largest absolute Gasteiger partial charge is 0.312 e. The van der Waals surface area contributed by atoms with Crippen LogP contribution >= 0.6 is 0 Å². The third-order valence-electron chi connectivity index (χ3n) is 4.35. The summed E-state index contributed by atoms with van der Waals surface area (Å²) in [5, 5.41) is 7.23. The highest BCUT2D eigenvalue weighted by atomic mass is 16.2. The first-order chi connectivity index (χ1) is 10.1. The molecule has 1 N–H and O–H groups in total. The first-order valence-corrected chi connectivity index (χ1v) is 7.47. The number of anilines is 1. The Kier molecular flexibility index (Phi) is 3.53. The molecule has 1 atom stereocenters. The van der Waals surface area contributed by atoms with E-state index in [1.807, 2.05) is 36.9 Å². The third-order valence-corrected chi connectivity index (χ3v) is 4.35. The lowest BCUT2D eigenvalue weighted by molar-refractivity contribution is -0.118. The normalized spacial score (nSPS) is 15.1. The number of fused-ring (bicyclic) bond motifs is 1. The van der Waals surface area contributed by atoms with Gasteiger partial charge in [-0.2, -0.15) is 5.10 Å². The molecule has 0 fully saturated rings. The Morgan fingerprint density at radius 3 is 2.86 bits per heavy atom. The molecule has 0 saturated carbocycles. The molecule has 1 aliphatic heterocycles. The van der Waals surface area contributed by atoms with E-state index in [0.29, 0.717) is 6.42 Å². The summed E-state index contributed by atoms with van der Waals surface area (Å²) in [6.45, 7) is 6.91. The van der Waals surface area contributed by atoms with Crippen LogP contribution in [0.1, 0.15) is 41.8 Å². The van der Waals surface area contributed by atoms with Gasteiger partial charge in [0.15, 0.2) is 0 Å². The van der Waals surface area contributed by atoms with Crippen molar-refractivity contribution in [3.8, 4) is 0 Å². The first-order valence-electron chi connectivity index (χ1n) is 7.47. The van der Waals surface area contributed by atoms with E-state index in [9.17, 15) is 4.79 Å². The topological polar surface area (TPSA) is 49.0 Å². The molecule has 4 heteroatoms. The lowest BCUT2D eigenvalue weighted by Crippen LogP contribution is -2.29. The fourth-order valence-corrected chi connectivity index (χ4v) is 3.36. The second-order valence-corrected chi connectivity index (χ2v) is 5.88. The van der Waals surface area contributed by atoms with Crippen molar-refractivity contribution >= 4 is 11.6 Å². The van der Waals surface area contributed by atoms with Crippen LogP contribution in [0.2, 0.25) is 0 Å². The second-order valence-electron chi connectivity index (χ2n) is 5.88. The van der Waals surface area contributed by atoms with Crippen LogP contribution in [0.4, 0.5) is 5.69 Å². The molecular formula is C17H21N3O. The van der Waals surface area contributed by atoms with E-state index in [0.717, 1.165) is 30.0 Å². The third kappa shape index (κ3) is 2.46. The minimum Gasteiger partial charge on any atom is -0.312 e. The monoisotopic (exact) mass is 283 g/mol. The molecule has 1 amide bonds. The van der Waals surface area contributed by atoms with E-state index in [1.165, 1.54) is 11.1 Å². The molecule has 1 unspecified atom stereocenters. The van der Waals surface area contributed by atoms with Crippen molar-refractivity contribution in [2.45, 2.75) is 39.5 Å². The highest BCUT2D eigenvalue weighted by Crippen LogP contribution is 2.31. The first kappa shape index (κ1) is 13.9. The van der Waals surface area contributed by atoms with E-state index in [4.69, 9.17) is 0 Å². The number of hydrogen-bond donors (Lipinski definition) is 1. The molecule has 0 bridgehead atoms. The number of carbonyl (C=O) groups is 1. The maximum atomic E-state index is 12.6. The van der Waals surface area contributed by atoms with Crippen LogP contribution in [0.25, 0.3) is 0 Å². The number of aromatic amines is 1. The summed E-state index contributed by atoms with van der Waals surface area (Å²) in [5.41, 5.74) is 5.59. The highest BCUT2D eigenvalue weighted by molar-refractivity contribution is 5.95. The summed E-state index contributed by atoms with van der Waals surface area (Å²) >= 11 is 0. The number of aryl methyl sites for hydroxylation is 2. The molecule has 0 spiro atoms. The molecule has 0 radical (unpaired) electrons. The standard InChI is InChI=1S/C17H21N3O/c1-11(17-12(2)18-19-13(17)3)10-16(21)20-9-8-14-6-4-5-7-15(14)20/h4-7,11H,8-10H2,1-3H3,(H,18,19). The van der Waals surface area contributed by atoms with Gasteiger partial charge in [-0.05, 0) is 43.4 Å². The van der Waals surface area contributed by atoms with E-state index < -0.39 is 0 Å². The number of hydrogen-bond acceptors (Lipinski definition) is 2. The van der Waals surface area contributed by atoms with Gasteiger partial charge in [0.2, 0.25) is 5.91 Å². The van der Waals surface area contributed by atoms with E-state index >= 15 is 0 Å². The Bertz CT molecular complexity index is 655. The van der Waals surface area contributed by atoms with Crippen molar-refractivity contribution in [1.29, 1.82) is 0 Å². The van der Waals surface area contributed by atoms with Crippen molar-refractivity contribution in [1.82, 2.24) is 10.2 Å². The van der Waals surface area contributed by atoms with Crippen LogP contribution in [0.5, 0.6) is 0 Å². The fourth-order valence-electron chi connectivity index (χ4n) is 3.36. The second kappa shape index (κ2) is 5.35. The average molecular weight is 283 g/mol. The molecule has 1 aromatic carbocycles. The van der Waals surface area contributed by atoms with Crippen molar-refractivity contribution in [2.24, 2.45) is 0 Å². The number of rotatable bonds is 3. The summed E-state index contributed by atoms with van der Waals surface area (Å²) in [4.78, 5) is 14.6.